The van der Waals surface area contributed by atoms with Gasteiger partial charge in [-0.25, -0.2) is 0 Å². The predicted molar refractivity (Wildman–Crippen MR) is 51.5 cm³/mol. The van der Waals surface area contributed by atoms with Gasteiger partial charge in [-0.1, -0.05) is 27.7 Å². The lowest BCUT2D eigenvalue weighted by Gasteiger charge is -2.37. The second-order valence-electron chi connectivity index (χ2n) is 4.20. The molecule has 3 N–H and O–H groups in total. The van der Waals surface area contributed by atoms with Crippen molar-refractivity contribution in [3.8, 4) is 0 Å². The highest BCUT2D eigenvalue weighted by atomic mass is 15.3. The number of hydrogen-bond acceptors (Lipinski definition) is 3. The zero-order chi connectivity index (χ0) is 9.14. The van der Waals surface area contributed by atoms with Gasteiger partial charge < -0.3 is 0 Å². The summed E-state index contributed by atoms with van der Waals surface area (Å²) in [5.41, 5.74) is 0. The molecule has 1 saturated heterocycles. The van der Waals surface area contributed by atoms with E-state index in [-0.39, 0.29) is 0 Å². The van der Waals surface area contributed by atoms with E-state index in [0.29, 0.717) is 24.2 Å². The van der Waals surface area contributed by atoms with Crippen LogP contribution in [0.2, 0.25) is 0 Å². The minimum atomic E-state index is 0.457. The van der Waals surface area contributed by atoms with Crippen LogP contribution in [0.4, 0.5) is 0 Å². The molecule has 0 spiro atoms. The fourth-order valence-electron chi connectivity index (χ4n) is 1.45. The normalized spacial score (nSPS) is 31.5. The molecule has 2 unspecified atom stereocenters. The maximum atomic E-state index is 3.53. The quantitative estimate of drug-likeness (QED) is 0.572. The van der Waals surface area contributed by atoms with Crippen LogP contribution in [-0.2, 0) is 0 Å². The van der Waals surface area contributed by atoms with Crippen molar-refractivity contribution < 1.29 is 0 Å². The van der Waals surface area contributed by atoms with E-state index in [1.54, 1.807) is 0 Å². The summed E-state index contributed by atoms with van der Waals surface area (Å²) in [5, 5.41) is 10.3. The first-order valence-electron chi connectivity index (χ1n) is 4.84. The van der Waals surface area contributed by atoms with Crippen LogP contribution in [0.1, 0.15) is 27.7 Å². The summed E-state index contributed by atoms with van der Waals surface area (Å²) < 4.78 is 0. The number of rotatable bonds is 2. The Hall–Kier alpha value is -0.120. The third-order valence-corrected chi connectivity index (χ3v) is 2.34. The van der Waals surface area contributed by atoms with E-state index in [0.717, 1.165) is 6.67 Å². The third-order valence-electron chi connectivity index (χ3n) is 2.34. The Morgan fingerprint density at radius 1 is 0.917 bits per heavy atom. The second kappa shape index (κ2) is 4.21. The molecule has 0 aliphatic carbocycles. The molecule has 1 aliphatic heterocycles. The third kappa shape index (κ3) is 2.44. The van der Waals surface area contributed by atoms with Crippen LogP contribution in [0.5, 0.6) is 0 Å². The molecule has 3 nitrogen and oxygen atoms in total. The number of nitrogens with one attached hydrogen (secondary N) is 3. The average molecular weight is 171 g/mol. The summed E-state index contributed by atoms with van der Waals surface area (Å²) in [6.45, 7) is 9.83. The molecule has 0 aromatic rings. The first-order chi connectivity index (χ1) is 5.61. The van der Waals surface area contributed by atoms with Gasteiger partial charge in [0.1, 0.15) is 0 Å². The van der Waals surface area contributed by atoms with E-state index in [2.05, 4.69) is 43.6 Å². The molecule has 1 aliphatic rings. The smallest absolute Gasteiger partial charge is 0.0617 e. The lowest BCUT2D eigenvalue weighted by atomic mass is 10.1. The molecule has 0 aromatic carbocycles. The topological polar surface area (TPSA) is 36.1 Å². The molecule has 0 amide bonds. The van der Waals surface area contributed by atoms with E-state index < -0.39 is 0 Å². The maximum Gasteiger partial charge on any atom is 0.0617 e. The van der Waals surface area contributed by atoms with Crippen molar-refractivity contribution >= 4 is 0 Å². The summed E-state index contributed by atoms with van der Waals surface area (Å²) in [6, 6.07) is 0. The van der Waals surface area contributed by atoms with Crippen LogP contribution in [0.3, 0.4) is 0 Å². The zero-order valence-electron chi connectivity index (χ0n) is 8.52. The molecule has 1 fully saturated rings. The van der Waals surface area contributed by atoms with Gasteiger partial charge >= 0.3 is 0 Å². The molecule has 1 heterocycles. The van der Waals surface area contributed by atoms with Gasteiger partial charge in [0.15, 0.2) is 0 Å². The summed E-state index contributed by atoms with van der Waals surface area (Å²) in [5.74, 6) is 1.29. The minimum Gasteiger partial charge on any atom is -0.289 e. The molecule has 0 aromatic heterocycles. The van der Waals surface area contributed by atoms with Gasteiger partial charge in [-0.2, -0.15) is 0 Å². The Morgan fingerprint density at radius 2 is 1.33 bits per heavy atom. The monoisotopic (exact) mass is 171 g/mol. The van der Waals surface area contributed by atoms with Crippen LogP contribution in [0.25, 0.3) is 0 Å². The summed E-state index contributed by atoms with van der Waals surface area (Å²) in [7, 11) is 0. The molecule has 1 rings (SSSR count). The van der Waals surface area contributed by atoms with Crippen molar-refractivity contribution in [3.05, 3.63) is 0 Å². The van der Waals surface area contributed by atoms with E-state index in [4.69, 9.17) is 0 Å². The lowest BCUT2D eigenvalue weighted by molar-refractivity contribution is 0.183. The predicted octanol–water partition coefficient (Wildman–Crippen LogP) is 0.690. The van der Waals surface area contributed by atoms with E-state index in [1.165, 1.54) is 0 Å². The molecule has 2 atom stereocenters. The van der Waals surface area contributed by atoms with Crippen LogP contribution in [0.15, 0.2) is 0 Å². The standard InChI is InChI=1S/C9H21N3/c1-6(2)8-10-5-11-9(12-8)7(3)4/h6-12H,5H2,1-4H3. The van der Waals surface area contributed by atoms with Crippen molar-refractivity contribution in [1.29, 1.82) is 0 Å². The second-order valence-corrected chi connectivity index (χ2v) is 4.20. The molecule has 0 saturated carbocycles. The average Bonchev–Trinajstić information content (AvgIpc) is 2.04. The molecule has 0 bridgehead atoms. The van der Waals surface area contributed by atoms with Crippen molar-refractivity contribution in [3.63, 3.8) is 0 Å². The first kappa shape index (κ1) is 9.96. The Morgan fingerprint density at radius 3 is 1.67 bits per heavy atom. The molecular formula is C9H21N3. The fraction of sp³-hybridized carbons (Fsp3) is 1.00. The van der Waals surface area contributed by atoms with Crippen LogP contribution < -0.4 is 16.0 Å². The molecular weight excluding hydrogens is 150 g/mol. The molecule has 72 valence electrons. The van der Waals surface area contributed by atoms with Crippen molar-refractivity contribution in [2.24, 2.45) is 11.8 Å². The largest absolute Gasteiger partial charge is 0.289 e. The summed E-state index contributed by atoms with van der Waals surface area (Å²) >= 11 is 0. The van der Waals surface area contributed by atoms with Gasteiger partial charge in [-0.05, 0) is 11.8 Å². The van der Waals surface area contributed by atoms with Gasteiger partial charge in [0.25, 0.3) is 0 Å². The minimum absolute atomic E-state index is 0.457. The zero-order valence-corrected chi connectivity index (χ0v) is 8.52. The van der Waals surface area contributed by atoms with Crippen LogP contribution >= 0.6 is 0 Å². The van der Waals surface area contributed by atoms with Crippen molar-refractivity contribution in [2.45, 2.75) is 40.0 Å². The Kier molecular flexibility index (Phi) is 3.50. The van der Waals surface area contributed by atoms with Crippen molar-refractivity contribution in [2.75, 3.05) is 6.67 Å². The van der Waals surface area contributed by atoms with E-state index in [1.807, 2.05) is 0 Å². The SMILES string of the molecule is CC(C)C1NCNC(C(C)C)N1. The highest BCUT2D eigenvalue weighted by Crippen LogP contribution is 2.06. The van der Waals surface area contributed by atoms with Crippen LogP contribution in [0, 0.1) is 11.8 Å². The Labute approximate surface area is 75.3 Å². The summed E-state index contributed by atoms with van der Waals surface area (Å²) in [4.78, 5) is 0. The number of hydrogen-bond donors (Lipinski definition) is 3. The van der Waals surface area contributed by atoms with E-state index >= 15 is 0 Å². The molecule has 0 radical (unpaired) electrons. The fourth-order valence-corrected chi connectivity index (χ4v) is 1.45. The summed E-state index contributed by atoms with van der Waals surface area (Å²) in [6.07, 6.45) is 0.914. The van der Waals surface area contributed by atoms with Gasteiger partial charge in [-0.15, -0.1) is 0 Å². The Balaban J connectivity index is 2.40. The van der Waals surface area contributed by atoms with Gasteiger partial charge in [0.2, 0.25) is 0 Å². The van der Waals surface area contributed by atoms with Gasteiger partial charge in [0.05, 0.1) is 12.3 Å². The Bertz CT molecular complexity index is 120. The van der Waals surface area contributed by atoms with Crippen molar-refractivity contribution in [1.82, 2.24) is 16.0 Å². The first-order valence-corrected chi connectivity index (χ1v) is 4.84. The molecule has 12 heavy (non-hydrogen) atoms. The lowest BCUT2D eigenvalue weighted by Crippen LogP contribution is -2.65. The van der Waals surface area contributed by atoms with Gasteiger partial charge in [0, 0.05) is 6.67 Å². The van der Waals surface area contributed by atoms with Gasteiger partial charge in [-0.3, -0.25) is 16.0 Å². The molecule has 3 heteroatoms. The van der Waals surface area contributed by atoms with E-state index in [9.17, 15) is 0 Å². The maximum absolute atomic E-state index is 3.53. The highest BCUT2D eigenvalue weighted by Gasteiger charge is 2.23. The highest BCUT2D eigenvalue weighted by molar-refractivity contribution is 4.79. The van der Waals surface area contributed by atoms with Crippen LogP contribution in [-0.4, -0.2) is 19.0 Å².